The Bertz CT molecular complexity index is 1250. The van der Waals surface area contributed by atoms with Gasteiger partial charge in [-0.15, -0.1) is 6.58 Å². The maximum absolute atomic E-state index is 15.0. The van der Waals surface area contributed by atoms with Crippen molar-refractivity contribution in [2.45, 2.75) is 57.5 Å². The topological polar surface area (TPSA) is 35.5 Å². The van der Waals surface area contributed by atoms with Crippen LogP contribution in [0.5, 0.6) is 5.75 Å². The molecule has 1 saturated carbocycles. The van der Waals surface area contributed by atoms with E-state index in [-0.39, 0.29) is 28.9 Å². The van der Waals surface area contributed by atoms with Gasteiger partial charge in [-0.1, -0.05) is 48.0 Å². The molecule has 4 rings (SSSR count). The average molecular weight is 509 g/mol. The third-order valence-electron chi connectivity index (χ3n) is 6.84. The van der Waals surface area contributed by atoms with Crippen LogP contribution in [0.2, 0.25) is 0 Å². The molecule has 1 aliphatic rings. The van der Waals surface area contributed by atoms with Gasteiger partial charge < -0.3 is 9.47 Å². The van der Waals surface area contributed by atoms with Gasteiger partial charge in [0.15, 0.2) is 23.2 Å². The van der Waals surface area contributed by atoms with Gasteiger partial charge in [-0.05, 0) is 80.7 Å². The summed E-state index contributed by atoms with van der Waals surface area (Å²) < 4.78 is 55.3. The molecule has 0 heterocycles. The summed E-state index contributed by atoms with van der Waals surface area (Å²) >= 11 is 0. The van der Waals surface area contributed by atoms with Gasteiger partial charge in [0.25, 0.3) is 0 Å². The molecule has 1 aliphatic carbocycles. The van der Waals surface area contributed by atoms with E-state index in [4.69, 9.17) is 9.47 Å². The van der Waals surface area contributed by atoms with Crippen LogP contribution in [-0.4, -0.2) is 18.7 Å². The lowest BCUT2D eigenvalue weighted by atomic mass is 9.82. The maximum Gasteiger partial charge on any atom is 0.338 e. The first-order chi connectivity index (χ1) is 17.9. The second-order valence-corrected chi connectivity index (χ2v) is 9.50. The Hall–Kier alpha value is -3.54. The van der Waals surface area contributed by atoms with Crippen LogP contribution in [0, 0.1) is 24.4 Å². The Morgan fingerprint density at radius 1 is 0.973 bits per heavy atom. The largest absolute Gasteiger partial charge is 0.491 e. The first-order valence-electron chi connectivity index (χ1n) is 12.7. The Morgan fingerprint density at radius 2 is 1.70 bits per heavy atom. The van der Waals surface area contributed by atoms with E-state index in [2.05, 4.69) is 6.58 Å². The van der Waals surface area contributed by atoms with E-state index in [1.807, 2.05) is 19.1 Å². The molecule has 0 aliphatic heterocycles. The maximum atomic E-state index is 15.0. The lowest BCUT2D eigenvalue weighted by Crippen LogP contribution is -2.24. The summed E-state index contributed by atoms with van der Waals surface area (Å²) in [6.45, 7) is 5.93. The fourth-order valence-corrected chi connectivity index (χ4v) is 4.70. The zero-order chi connectivity index (χ0) is 26.4. The molecule has 0 radical (unpaired) electrons. The van der Waals surface area contributed by atoms with Crippen molar-refractivity contribution >= 4 is 5.97 Å². The number of carbonyl (C=O) groups is 1. The number of aryl methyl sites for hydroxylation is 1. The number of hydrogen-bond acceptors (Lipinski definition) is 3. The van der Waals surface area contributed by atoms with Crippen LogP contribution in [0.4, 0.5) is 13.2 Å². The molecular formula is C31H31F3O3. The highest BCUT2D eigenvalue weighted by Crippen LogP contribution is 2.38. The van der Waals surface area contributed by atoms with Crippen molar-refractivity contribution < 1.29 is 27.4 Å². The molecule has 194 valence electrons. The molecule has 0 atom stereocenters. The predicted molar refractivity (Wildman–Crippen MR) is 138 cm³/mol. The van der Waals surface area contributed by atoms with Crippen LogP contribution in [0.1, 0.15) is 65.9 Å². The van der Waals surface area contributed by atoms with Crippen molar-refractivity contribution in [3.8, 4) is 16.9 Å². The van der Waals surface area contributed by atoms with E-state index in [0.29, 0.717) is 43.4 Å². The summed E-state index contributed by atoms with van der Waals surface area (Å²) in [4.78, 5) is 12.6. The summed E-state index contributed by atoms with van der Waals surface area (Å²) in [6, 6.07) is 14.6. The number of ether oxygens (including phenoxy) is 2. The highest BCUT2D eigenvalue weighted by Gasteiger charge is 2.28. The van der Waals surface area contributed by atoms with E-state index in [1.54, 1.807) is 30.3 Å². The van der Waals surface area contributed by atoms with Crippen LogP contribution in [0.25, 0.3) is 11.1 Å². The van der Waals surface area contributed by atoms with Crippen LogP contribution >= 0.6 is 0 Å². The van der Waals surface area contributed by atoms with Crippen LogP contribution in [0.15, 0.2) is 67.3 Å². The Labute approximate surface area is 215 Å². The summed E-state index contributed by atoms with van der Waals surface area (Å²) in [5, 5.41) is 0. The number of benzene rings is 3. The fourth-order valence-electron chi connectivity index (χ4n) is 4.70. The van der Waals surface area contributed by atoms with Crippen molar-refractivity contribution in [2.75, 3.05) is 6.61 Å². The first kappa shape index (κ1) is 26.5. The van der Waals surface area contributed by atoms with Crippen molar-refractivity contribution in [2.24, 2.45) is 0 Å². The van der Waals surface area contributed by atoms with Crippen molar-refractivity contribution in [3.05, 3.63) is 101 Å². The zero-order valence-electron chi connectivity index (χ0n) is 20.9. The number of halogens is 3. The summed E-state index contributed by atoms with van der Waals surface area (Å²) in [6.07, 6.45) is 5.06. The molecule has 37 heavy (non-hydrogen) atoms. The molecule has 0 amide bonds. The van der Waals surface area contributed by atoms with Gasteiger partial charge in [-0.25, -0.2) is 18.0 Å². The van der Waals surface area contributed by atoms with E-state index in [1.165, 1.54) is 12.1 Å². The summed E-state index contributed by atoms with van der Waals surface area (Å²) in [7, 11) is 0. The van der Waals surface area contributed by atoms with Gasteiger partial charge in [-0.3, -0.25) is 0 Å². The monoisotopic (exact) mass is 508 g/mol. The number of rotatable bonds is 9. The number of hydrogen-bond donors (Lipinski definition) is 0. The van der Waals surface area contributed by atoms with E-state index >= 15 is 4.39 Å². The number of unbranched alkanes of at least 4 members (excludes halogenated alkanes) is 1. The van der Waals surface area contributed by atoms with Gasteiger partial charge in [0.05, 0.1) is 12.2 Å². The molecule has 3 nitrogen and oxygen atoms in total. The van der Waals surface area contributed by atoms with Crippen molar-refractivity contribution in [3.63, 3.8) is 0 Å². The van der Waals surface area contributed by atoms with Gasteiger partial charge in [0, 0.05) is 5.56 Å². The SMILES string of the molecule is C=CCCCOc1ccc(C(=O)OC2CCC(c3ccc(-c4ccc(C)cc4)c(F)c3F)CC2)cc1F. The van der Waals surface area contributed by atoms with Crippen LogP contribution in [0.3, 0.4) is 0 Å². The second-order valence-electron chi connectivity index (χ2n) is 9.50. The normalized spacial score (nSPS) is 17.3. The lowest BCUT2D eigenvalue weighted by molar-refractivity contribution is 0.0193. The van der Waals surface area contributed by atoms with Gasteiger partial charge in [0.2, 0.25) is 0 Å². The van der Waals surface area contributed by atoms with Gasteiger partial charge >= 0.3 is 5.97 Å². The van der Waals surface area contributed by atoms with Crippen LogP contribution < -0.4 is 4.74 Å². The Balaban J connectivity index is 1.33. The number of esters is 1. The van der Waals surface area contributed by atoms with Gasteiger partial charge in [0.1, 0.15) is 6.10 Å². The standard InChI is InChI=1S/C31H31F3O3/c1-3-4-5-18-36-28-17-12-23(19-27(28)32)31(35)37-24-13-10-22(11-14-24)26-16-15-25(29(33)30(26)34)21-8-6-20(2)7-9-21/h3,6-9,12,15-17,19,22,24H,1,4-5,10-11,13-14,18H2,2H3. The molecule has 6 heteroatoms. The molecular weight excluding hydrogens is 477 g/mol. The van der Waals surface area contributed by atoms with E-state index in [9.17, 15) is 13.6 Å². The molecule has 3 aromatic rings. The fraction of sp³-hybridized carbons (Fsp3) is 0.323. The smallest absolute Gasteiger partial charge is 0.338 e. The molecule has 3 aromatic carbocycles. The van der Waals surface area contributed by atoms with E-state index < -0.39 is 23.4 Å². The zero-order valence-corrected chi connectivity index (χ0v) is 20.9. The molecule has 0 aromatic heterocycles. The van der Waals surface area contributed by atoms with Crippen LogP contribution in [-0.2, 0) is 4.74 Å². The highest BCUT2D eigenvalue weighted by atomic mass is 19.2. The molecule has 0 bridgehead atoms. The highest BCUT2D eigenvalue weighted by molar-refractivity contribution is 5.89. The molecule has 0 unspecified atom stereocenters. The minimum absolute atomic E-state index is 0.0868. The minimum Gasteiger partial charge on any atom is -0.491 e. The molecule has 0 N–H and O–H groups in total. The first-order valence-corrected chi connectivity index (χ1v) is 12.7. The summed E-state index contributed by atoms with van der Waals surface area (Å²) in [5.74, 6) is -2.97. The predicted octanol–water partition coefficient (Wildman–Crippen LogP) is 8.31. The number of carbonyl (C=O) groups excluding carboxylic acids is 1. The average Bonchev–Trinajstić information content (AvgIpc) is 2.90. The Morgan fingerprint density at radius 3 is 2.38 bits per heavy atom. The second kappa shape index (κ2) is 12.1. The summed E-state index contributed by atoms with van der Waals surface area (Å²) in [5.41, 5.74) is 2.38. The number of allylic oxidation sites excluding steroid dienone is 1. The Kier molecular flexibility index (Phi) is 8.70. The van der Waals surface area contributed by atoms with Crippen molar-refractivity contribution in [1.29, 1.82) is 0 Å². The third-order valence-corrected chi connectivity index (χ3v) is 6.84. The molecule has 0 saturated heterocycles. The third kappa shape index (κ3) is 6.43. The van der Waals surface area contributed by atoms with E-state index in [0.717, 1.165) is 24.5 Å². The minimum atomic E-state index is -0.843. The lowest BCUT2D eigenvalue weighted by Gasteiger charge is -2.29. The molecule has 1 fully saturated rings. The molecule has 0 spiro atoms. The quantitative estimate of drug-likeness (QED) is 0.166. The van der Waals surface area contributed by atoms with Gasteiger partial charge in [-0.2, -0.15) is 0 Å². The van der Waals surface area contributed by atoms with Crippen molar-refractivity contribution in [1.82, 2.24) is 0 Å².